The Kier molecular flexibility index (Phi) is 3.97. The zero-order chi connectivity index (χ0) is 17.5. The van der Waals surface area contributed by atoms with Gasteiger partial charge in [-0.15, -0.1) is 0 Å². The molecule has 0 radical (unpaired) electrons. The van der Waals surface area contributed by atoms with Gasteiger partial charge >= 0.3 is 12.1 Å². The molecule has 2 amide bonds. The number of nitrogens with zero attached hydrogens (tertiary/aromatic N) is 1. The number of alkyl halides is 3. The van der Waals surface area contributed by atoms with Gasteiger partial charge in [0, 0.05) is 0 Å². The first kappa shape index (κ1) is 16.7. The van der Waals surface area contributed by atoms with Gasteiger partial charge in [-0.2, -0.15) is 13.2 Å². The summed E-state index contributed by atoms with van der Waals surface area (Å²) >= 11 is 0. The van der Waals surface area contributed by atoms with Crippen molar-refractivity contribution in [2.24, 2.45) is 5.92 Å². The van der Waals surface area contributed by atoms with Crippen molar-refractivity contribution < 1.29 is 37.5 Å². The maximum atomic E-state index is 12.6. The number of fused-ring (bicyclic) bond motifs is 1. The van der Waals surface area contributed by atoms with E-state index >= 15 is 0 Å². The van der Waals surface area contributed by atoms with Crippen LogP contribution in [0.15, 0.2) is 24.3 Å². The van der Waals surface area contributed by atoms with E-state index in [-0.39, 0.29) is 11.1 Å². The third-order valence-corrected chi connectivity index (χ3v) is 3.54. The van der Waals surface area contributed by atoms with E-state index in [1.807, 2.05) is 0 Å². The van der Waals surface area contributed by atoms with Crippen LogP contribution in [0, 0.1) is 5.92 Å². The standard InChI is InChI=1S/C14H10F3NO5/c1-6(9(13(22)23)10(19)14(15,16)17)18-11(20)7-4-2-3-5-8(7)12(18)21/h2-6,9H,1H3,(H,22,23). The summed E-state index contributed by atoms with van der Waals surface area (Å²) in [6.45, 7) is 0.921. The first-order valence-electron chi connectivity index (χ1n) is 6.38. The monoisotopic (exact) mass is 329 g/mol. The minimum atomic E-state index is -5.39. The van der Waals surface area contributed by atoms with Crippen LogP contribution in [0.25, 0.3) is 0 Å². The number of carboxylic acid groups (broad SMARTS) is 1. The molecular formula is C14H10F3NO5. The fourth-order valence-electron chi connectivity index (χ4n) is 2.44. The predicted octanol–water partition coefficient (Wildman–Crippen LogP) is 1.50. The van der Waals surface area contributed by atoms with Crippen molar-refractivity contribution in [3.63, 3.8) is 0 Å². The number of rotatable bonds is 4. The number of Topliss-reactive ketones (excluding diaryl/α,β-unsaturated/α-hetero) is 1. The van der Waals surface area contributed by atoms with Crippen LogP contribution in [0.2, 0.25) is 0 Å². The van der Waals surface area contributed by atoms with E-state index in [0.29, 0.717) is 4.90 Å². The van der Waals surface area contributed by atoms with Crippen molar-refractivity contribution >= 4 is 23.6 Å². The Morgan fingerprint density at radius 2 is 1.52 bits per heavy atom. The van der Waals surface area contributed by atoms with Gasteiger partial charge in [-0.05, 0) is 19.1 Å². The molecule has 23 heavy (non-hydrogen) atoms. The molecule has 2 rings (SSSR count). The fourth-order valence-corrected chi connectivity index (χ4v) is 2.44. The van der Waals surface area contributed by atoms with E-state index in [2.05, 4.69) is 0 Å². The molecule has 1 N–H and O–H groups in total. The molecule has 0 spiro atoms. The van der Waals surface area contributed by atoms with Gasteiger partial charge < -0.3 is 5.11 Å². The molecule has 6 nitrogen and oxygen atoms in total. The third kappa shape index (κ3) is 2.69. The average molecular weight is 329 g/mol. The number of carbonyl (C=O) groups excluding carboxylic acids is 3. The number of amides is 2. The van der Waals surface area contributed by atoms with Crippen LogP contribution >= 0.6 is 0 Å². The number of hydrogen-bond acceptors (Lipinski definition) is 4. The second-order valence-corrected chi connectivity index (χ2v) is 4.94. The molecule has 0 bridgehead atoms. The topological polar surface area (TPSA) is 91.8 Å². The van der Waals surface area contributed by atoms with Crippen LogP contribution in [0.5, 0.6) is 0 Å². The second kappa shape index (κ2) is 5.49. The number of aliphatic carboxylic acids is 1. The van der Waals surface area contributed by atoms with Crippen molar-refractivity contribution in [3.8, 4) is 0 Å². The highest BCUT2D eigenvalue weighted by Gasteiger charge is 2.52. The smallest absolute Gasteiger partial charge is 0.450 e. The van der Waals surface area contributed by atoms with Crippen LogP contribution < -0.4 is 0 Å². The first-order valence-corrected chi connectivity index (χ1v) is 6.38. The number of hydrogen-bond donors (Lipinski definition) is 1. The number of carboxylic acids is 1. The van der Waals surface area contributed by atoms with Crippen molar-refractivity contribution in [3.05, 3.63) is 35.4 Å². The normalized spacial score (nSPS) is 17.0. The quantitative estimate of drug-likeness (QED) is 0.668. The van der Waals surface area contributed by atoms with E-state index in [9.17, 15) is 32.3 Å². The lowest BCUT2D eigenvalue weighted by Gasteiger charge is -2.27. The Hall–Kier alpha value is -2.71. The van der Waals surface area contributed by atoms with E-state index in [1.165, 1.54) is 24.3 Å². The number of carbonyl (C=O) groups is 4. The fraction of sp³-hybridized carbons (Fsp3) is 0.286. The lowest BCUT2D eigenvalue weighted by molar-refractivity contribution is -0.181. The van der Waals surface area contributed by atoms with Crippen LogP contribution in [-0.4, -0.2) is 45.8 Å². The van der Waals surface area contributed by atoms with Crippen molar-refractivity contribution in [2.45, 2.75) is 19.1 Å². The molecule has 1 heterocycles. The number of imide groups is 1. The number of benzene rings is 1. The highest BCUT2D eigenvalue weighted by Crippen LogP contribution is 2.30. The van der Waals surface area contributed by atoms with Gasteiger partial charge in [-0.3, -0.25) is 24.1 Å². The minimum absolute atomic E-state index is 0.0482. The second-order valence-electron chi connectivity index (χ2n) is 4.94. The molecule has 1 aliphatic heterocycles. The molecule has 0 saturated heterocycles. The highest BCUT2D eigenvalue weighted by atomic mass is 19.4. The third-order valence-electron chi connectivity index (χ3n) is 3.54. The molecule has 2 atom stereocenters. The van der Waals surface area contributed by atoms with Gasteiger partial charge in [0.05, 0.1) is 17.2 Å². The highest BCUT2D eigenvalue weighted by molar-refractivity contribution is 6.22. The summed E-state index contributed by atoms with van der Waals surface area (Å²) in [6, 6.07) is 3.71. The van der Waals surface area contributed by atoms with Gasteiger partial charge in [0.2, 0.25) is 0 Å². The van der Waals surface area contributed by atoms with Crippen LogP contribution in [0.4, 0.5) is 13.2 Å². The molecule has 0 fully saturated rings. The minimum Gasteiger partial charge on any atom is -0.481 e. The van der Waals surface area contributed by atoms with Gasteiger partial charge in [0.1, 0.15) is 5.92 Å². The van der Waals surface area contributed by atoms with Gasteiger partial charge in [0.25, 0.3) is 17.6 Å². The largest absolute Gasteiger partial charge is 0.481 e. The van der Waals surface area contributed by atoms with Crippen molar-refractivity contribution in [1.82, 2.24) is 4.90 Å². The summed E-state index contributed by atoms with van der Waals surface area (Å²) in [5.41, 5.74) is -0.0964. The predicted molar refractivity (Wildman–Crippen MR) is 68.6 cm³/mol. The van der Waals surface area contributed by atoms with Gasteiger partial charge in [0.15, 0.2) is 0 Å². The molecule has 122 valence electrons. The molecule has 2 unspecified atom stereocenters. The molecule has 0 saturated carbocycles. The Balaban J connectivity index is 2.42. The Bertz CT molecular complexity index is 678. The molecular weight excluding hydrogens is 319 g/mol. The number of halogens is 3. The SMILES string of the molecule is CC(C(C(=O)O)C(=O)C(F)(F)F)N1C(=O)c2ccccc2C1=O. The van der Waals surface area contributed by atoms with E-state index in [0.717, 1.165) is 6.92 Å². The molecule has 0 aromatic heterocycles. The first-order chi connectivity index (χ1) is 10.6. The Labute approximate surface area is 127 Å². The summed E-state index contributed by atoms with van der Waals surface area (Å²) in [5, 5.41) is 8.96. The van der Waals surface area contributed by atoms with Crippen LogP contribution in [0.1, 0.15) is 27.6 Å². The molecule has 9 heteroatoms. The average Bonchev–Trinajstić information content (AvgIpc) is 2.70. The maximum absolute atomic E-state index is 12.6. The molecule has 1 aromatic carbocycles. The molecule has 0 aliphatic carbocycles. The lowest BCUT2D eigenvalue weighted by atomic mass is 9.94. The molecule has 1 aromatic rings. The zero-order valence-corrected chi connectivity index (χ0v) is 11.6. The Morgan fingerprint density at radius 3 is 1.87 bits per heavy atom. The summed E-state index contributed by atoms with van der Waals surface area (Å²) in [7, 11) is 0. The van der Waals surface area contributed by atoms with E-state index in [4.69, 9.17) is 5.11 Å². The van der Waals surface area contributed by atoms with E-state index < -0.39 is 41.7 Å². The summed E-state index contributed by atoms with van der Waals surface area (Å²) in [5.74, 6) is -9.03. The Morgan fingerprint density at radius 1 is 1.09 bits per heavy atom. The van der Waals surface area contributed by atoms with Crippen molar-refractivity contribution in [2.75, 3.05) is 0 Å². The summed E-state index contributed by atoms with van der Waals surface area (Å²) < 4.78 is 37.7. The number of ketones is 1. The summed E-state index contributed by atoms with van der Waals surface area (Å²) in [6.07, 6.45) is -5.39. The van der Waals surface area contributed by atoms with Gasteiger partial charge in [-0.1, -0.05) is 12.1 Å². The van der Waals surface area contributed by atoms with Gasteiger partial charge in [-0.25, -0.2) is 0 Å². The lowest BCUT2D eigenvalue weighted by Crippen LogP contribution is -2.50. The zero-order valence-electron chi connectivity index (χ0n) is 11.6. The van der Waals surface area contributed by atoms with E-state index in [1.54, 1.807) is 0 Å². The summed E-state index contributed by atoms with van der Waals surface area (Å²) in [4.78, 5) is 47.2. The maximum Gasteiger partial charge on any atom is 0.450 e. The van der Waals surface area contributed by atoms with Crippen LogP contribution in [-0.2, 0) is 9.59 Å². The van der Waals surface area contributed by atoms with Crippen LogP contribution in [0.3, 0.4) is 0 Å². The van der Waals surface area contributed by atoms with Crippen molar-refractivity contribution in [1.29, 1.82) is 0 Å². The molecule has 1 aliphatic rings.